The first-order chi connectivity index (χ1) is 6.20. The van der Waals surface area contributed by atoms with E-state index in [1.165, 1.54) is 0 Å². The van der Waals surface area contributed by atoms with E-state index >= 15 is 0 Å². The number of para-hydroxylation sites is 1. The number of aliphatic hydroxyl groups is 1. The molecule has 0 saturated carbocycles. The highest BCUT2D eigenvalue weighted by Crippen LogP contribution is 2.28. The first kappa shape index (κ1) is 9.56. The van der Waals surface area contributed by atoms with Crippen LogP contribution in [0.5, 0.6) is 5.75 Å². The molecule has 2 N–H and O–H groups in total. The fourth-order valence-corrected chi connectivity index (χ4v) is 1.16. The summed E-state index contributed by atoms with van der Waals surface area (Å²) in [5.74, 6) is -0.328. The van der Waals surface area contributed by atoms with Crippen molar-refractivity contribution in [1.29, 1.82) is 5.26 Å². The summed E-state index contributed by atoms with van der Waals surface area (Å²) in [6.45, 7) is 1.49. The summed E-state index contributed by atoms with van der Waals surface area (Å²) in [4.78, 5) is 0. The van der Waals surface area contributed by atoms with Gasteiger partial charge < -0.3 is 10.2 Å². The first-order valence-electron chi connectivity index (χ1n) is 4.02. The van der Waals surface area contributed by atoms with Crippen molar-refractivity contribution < 1.29 is 10.2 Å². The Labute approximate surface area is 76.9 Å². The molecular weight excluding hydrogens is 166 g/mol. The Hall–Kier alpha value is -1.53. The fourth-order valence-electron chi connectivity index (χ4n) is 1.16. The standard InChI is InChI=1S/C10H11NO2/c1-7(5-11)9-4-2-3-8(6-12)10(9)13/h2-4,7,12-13H,6H2,1H3. The Morgan fingerprint density at radius 3 is 2.77 bits per heavy atom. The molecule has 0 aliphatic heterocycles. The molecule has 0 bridgehead atoms. The van der Waals surface area contributed by atoms with Gasteiger partial charge in [-0.15, -0.1) is 0 Å². The molecule has 0 radical (unpaired) electrons. The topological polar surface area (TPSA) is 64.2 Å². The molecule has 0 saturated heterocycles. The molecule has 1 rings (SSSR count). The van der Waals surface area contributed by atoms with Crippen LogP contribution in [-0.4, -0.2) is 10.2 Å². The molecule has 0 amide bonds. The number of hydrogen-bond donors (Lipinski definition) is 2. The third kappa shape index (κ3) is 1.79. The molecule has 0 spiro atoms. The smallest absolute Gasteiger partial charge is 0.125 e. The van der Waals surface area contributed by atoms with E-state index in [9.17, 15) is 5.11 Å². The first-order valence-corrected chi connectivity index (χ1v) is 4.02. The van der Waals surface area contributed by atoms with Gasteiger partial charge in [-0.05, 0) is 6.92 Å². The highest BCUT2D eigenvalue weighted by atomic mass is 16.3. The lowest BCUT2D eigenvalue weighted by Crippen LogP contribution is -1.93. The van der Waals surface area contributed by atoms with E-state index in [0.717, 1.165) is 0 Å². The van der Waals surface area contributed by atoms with Crippen molar-refractivity contribution in [2.24, 2.45) is 0 Å². The molecule has 1 atom stereocenters. The van der Waals surface area contributed by atoms with Gasteiger partial charge in [-0.1, -0.05) is 18.2 Å². The Bertz CT molecular complexity index is 341. The summed E-state index contributed by atoms with van der Waals surface area (Å²) < 4.78 is 0. The molecule has 3 nitrogen and oxygen atoms in total. The van der Waals surface area contributed by atoms with Crippen LogP contribution in [0.3, 0.4) is 0 Å². The quantitative estimate of drug-likeness (QED) is 0.719. The molecule has 0 aliphatic carbocycles. The Kier molecular flexibility index (Phi) is 2.88. The average Bonchev–Trinajstić information content (AvgIpc) is 2.17. The lowest BCUT2D eigenvalue weighted by atomic mass is 9.99. The zero-order valence-electron chi connectivity index (χ0n) is 7.36. The lowest BCUT2D eigenvalue weighted by Gasteiger charge is -2.08. The van der Waals surface area contributed by atoms with Crippen LogP contribution >= 0.6 is 0 Å². The normalized spacial score (nSPS) is 12.1. The van der Waals surface area contributed by atoms with Gasteiger partial charge in [0.1, 0.15) is 5.75 Å². The van der Waals surface area contributed by atoms with Gasteiger partial charge in [-0.3, -0.25) is 0 Å². The number of hydrogen-bond acceptors (Lipinski definition) is 3. The highest BCUT2D eigenvalue weighted by molar-refractivity contribution is 5.43. The van der Waals surface area contributed by atoms with Crippen LogP contribution in [0.1, 0.15) is 24.0 Å². The summed E-state index contributed by atoms with van der Waals surface area (Å²) >= 11 is 0. The second-order valence-corrected chi connectivity index (χ2v) is 2.86. The Balaban J connectivity index is 3.17. The summed E-state index contributed by atoms with van der Waals surface area (Å²) in [5, 5.41) is 27.1. The molecule has 0 fully saturated rings. The van der Waals surface area contributed by atoms with E-state index in [1.807, 2.05) is 6.07 Å². The minimum Gasteiger partial charge on any atom is -0.507 e. The van der Waals surface area contributed by atoms with Crippen LogP contribution in [0, 0.1) is 11.3 Å². The van der Waals surface area contributed by atoms with Crippen molar-refractivity contribution in [3.05, 3.63) is 29.3 Å². The molecule has 0 aliphatic rings. The summed E-state index contributed by atoms with van der Waals surface area (Å²) in [5.41, 5.74) is 1.02. The predicted octanol–water partition coefficient (Wildman–Crippen LogP) is 1.51. The molecule has 1 aromatic rings. The number of nitriles is 1. The summed E-state index contributed by atoms with van der Waals surface area (Å²) in [7, 11) is 0. The van der Waals surface area contributed by atoms with Crippen molar-refractivity contribution in [1.82, 2.24) is 0 Å². The maximum atomic E-state index is 9.58. The van der Waals surface area contributed by atoms with Crippen molar-refractivity contribution >= 4 is 0 Å². The van der Waals surface area contributed by atoms with Crippen molar-refractivity contribution in [2.75, 3.05) is 0 Å². The largest absolute Gasteiger partial charge is 0.507 e. The maximum absolute atomic E-state index is 9.58. The number of nitrogens with zero attached hydrogens (tertiary/aromatic N) is 1. The van der Waals surface area contributed by atoms with Gasteiger partial charge in [0.05, 0.1) is 18.6 Å². The van der Waals surface area contributed by atoms with E-state index in [4.69, 9.17) is 10.4 Å². The fraction of sp³-hybridized carbons (Fsp3) is 0.300. The van der Waals surface area contributed by atoms with E-state index in [0.29, 0.717) is 11.1 Å². The summed E-state index contributed by atoms with van der Waals surface area (Å²) in [6.07, 6.45) is 0. The van der Waals surface area contributed by atoms with E-state index in [1.54, 1.807) is 25.1 Å². The minimum atomic E-state index is -0.355. The number of aliphatic hydroxyl groups excluding tert-OH is 1. The van der Waals surface area contributed by atoms with Crippen LogP contribution in [0.4, 0.5) is 0 Å². The van der Waals surface area contributed by atoms with Gasteiger partial charge >= 0.3 is 0 Å². The Morgan fingerprint density at radius 2 is 2.23 bits per heavy atom. The Morgan fingerprint density at radius 1 is 1.54 bits per heavy atom. The van der Waals surface area contributed by atoms with Crippen LogP contribution in [0.2, 0.25) is 0 Å². The van der Waals surface area contributed by atoms with Crippen LogP contribution in [0.15, 0.2) is 18.2 Å². The third-order valence-electron chi connectivity index (χ3n) is 1.98. The lowest BCUT2D eigenvalue weighted by molar-refractivity contribution is 0.275. The maximum Gasteiger partial charge on any atom is 0.125 e. The monoisotopic (exact) mass is 177 g/mol. The van der Waals surface area contributed by atoms with Crippen molar-refractivity contribution in [3.8, 4) is 11.8 Å². The van der Waals surface area contributed by atoms with Gasteiger partial charge in [-0.2, -0.15) is 5.26 Å². The van der Waals surface area contributed by atoms with E-state index < -0.39 is 0 Å². The minimum absolute atomic E-state index is 0.0269. The predicted molar refractivity (Wildman–Crippen MR) is 48.1 cm³/mol. The van der Waals surface area contributed by atoms with Crippen LogP contribution in [0.25, 0.3) is 0 Å². The SMILES string of the molecule is CC(C#N)c1cccc(CO)c1O. The molecule has 0 aromatic heterocycles. The number of aromatic hydroxyl groups is 1. The average molecular weight is 177 g/mol. The second-order valence-electron chi connectivity index (χ2n) is 2.86. The van der Waals surface area contributed by atoms with Gasteiger partial charge in [0, 0.05) is 11.1 Å². The van der Waals surface area contributed by atoms with Gasteiger partial charge in [0.15, 0.2) is 0 Å². The molecular formula is C10H11NO2. The zero-order valence-corrected chi connectivity index (χ0v) is 7.36. The van der Waals surface area contributed by atoms with E-state index in [2.05, 4.69) is 0 Å². The van der Waals surface area contributed by atoms with Gasteiger partial charge in [0.25, 0.3) is 0 Å². The molecule has 13 heavy (non-hydrogen) atoms. The van der Waals surface area contributed by atoms with Crippen molar-refractivity contribution in [3.63, 3.8) is 0 Å². The summed E-state index contributed by atoms with van der Waals surface area (Å²) in [6, 6.07) is 7.06. The van der Waals surface area contributed by atoms with Crippen LogP contribution in [-0.2, 0) is 6.61 Å². The highest BCUT2D eigenvalue weighted by Gasteiger charge is 2.11. The van der Waals surface area contributed by atoms with E-state index in [-0.39, 0.29) is 18.3 Å². The number of rotatable bonds is 2. The number of phenols is 1. The van der Waals surface area contributed by atoms with Crippen molar-refractivity contribution in [2.45, 2.75) is 19.4 Å². The number of benzene rings is 1. The molecule has 1 unspecified atom stereocenters. The van der Waals surface area contributed by atoms with Gasteiger partial charge in [0.2, 0.25) is 0 Å². The molecule has 3 heteroatoms. The zero-order chi connectivity index (χ0) is 9.84. The van der Waals surface area contributed by atoms with Crippen LogP contribution < -0.4 is 0 Å². The molecule has 68 valence electrons. The third-order valence-corrected chi connectivity index (χ3v) is 1.98. The second kappa shape index (κ2) is 3.92. The molecule has 1 aromatic carbocycles. The van der Waals surface area contributed by atoms with Gasteiger partial charge in [-0.25, -0.2) is 0 Å². The molecule has 0 heterocycles.